The molecule has 2 fully saturated rings. The van der Waals surface area contributed by atoms with Gasteiger partial charge in [0.05, 0.1) is 17.1 Å². The van der Waals surface area contributed by atoms with Crippen molar-refractivity contribution >= 4 is 17.3 Å². The second-order valence-electron chi connectivity index (χ2n) is 8.24. The summed E-state index contributed by atoms with van der Waals surface area (Å²) in [6, 6.07) is 0.715. The van der Waals surface area contributed by atoms with Crippen molar-refractivity contribution in [3.8, 4) is 0 Å². The van der Waals surface area contributed by atoms with Gasteiger partial charge in [-0.25, -0.2) is 4.98 Å². The van der Waals surface area contributed by atoms with E-state index in [-0.39, 0.29) is 6.42 Å². The van der Waals surface area contributed by atoms with E-state index in [9.17, 15) is 4.79 Å². The van der Waals surface area contributed by atoms with Crippen molar-refractivity contribution < 1.29 is 9.90 Å². The van der Waals surface area contributed by atoms with Gasteiger partial charge >= 0.3 is 5.97 Å². The molecule has 4 nitrogen and oxygen atoms in total. The molecule has 5 heteroatoms. The number of hydrogen-bond donors (Lipinski definition) is 1. The average molecular weight is 322 g/mol. The fraction of sp³-hybridized carbons (Fsp3) is 0.765. The maximum absolute atomic E-state index is 10.7. The molecule has 1 saturated heterocycles. The van der Waals surface area contributed by atoms with E-state index in [1.54, 1.807) is 11.3 Å². The van der Waals surface area contributed by atoms with Crippen LogP contribution < -0.4 is 0 Å². The number of carboxylic acids is 1. The van der Waals surface area contributed by atoms with Crippen LogP contribution in [0.15, 0.2) is 5.38 Å². The molecule has 2 bridgehead atoms. The monoisotopic (exact) mass is 322 g/mol. The maximum atomic E-state index is 10.7. The molecule has 1 aromatic heterocycles. The van der Waals surface area contributed by atoms with Crippen LogP contribution in [0, 0.1) is 10.8 Å². The smallest absolute Gasteiger partial charge is 0.309 e. The van der Waals surface area contributed by atoms with Crippen LogP contribution in [-0.4, -0.2) is 40.1 Å². The molecule has 0 aromatic carbocycles. The van der Waals surface area contributed by atoms with Gasteiger partial charge in [0.25, 0.3) is 0 Å². The zero-order valence-electron chi connectivity index (χ0n) is 13.8. The molecular weight excluding hydrogens is 296 g/mol. The van der Waals surface area contributed by atoms with Gasteiger partial charge < -0.3 is 5.11 Å². The van der Waals surface area contributed by atoms with E-state index in [1.165, 1.54) is 25.8 Å². The minimum atomic E-state index is -0.805. The number of rotatable bonds is 5. The fourth-order valence-electron chi connectivity index (χ4n) is 4.78. The zero-order valence-corrected chi connectivity index (χ0v) is 14.6. The first kappa shape index (κ1) is 15.9. The Kier molecular flexibility index (Phi) is 4.06. The molecule has 0 radical (unpaired) electrons. The van der Waals surface area contributed by atoms with Crippen molar-refractivity contribution in [2.75, 3.05) is 13.1 Å². The number of aromatic nitrogens is 1. The van der Waals surface area contributed by atoms with Gasteiger partial charge in [0.2, 0.25) is 0 Å². The normalized spacial score (nSPS) is 30.6. The number of carbonyl (C=O) groups is 1. The van der Waals surface area contributed by atoms with Crippen LogP contribution in [-0.2, 0) is 17.6 Å². The lowest BCUT2D eigenvalue weighted by Crippen LogP contribution is -2.35. The van der Waals surface area contributed by atoms with E-state index >= 15 is 0 Å². The zero-order chi connectivity index (χ0) is 16.0. The van der Waals surface area contributed by atoms with E-state index in [4.69, 9.17) is 5.11 Å². The van der Waals surface area contributed by atoms with Gasteiger partial charge in [-0.05, 0) is 30.1 Å². The Morgan fingerprint density at radius 2 is 2.23 bits per heavy atom. The molecule has 1 N–H and O–H groups in total. The third kappa shape index (κ3) is 3.51. The Hall–Kier alpha value is -0.940. The standard InChI is InChI=1S/C17H26N2O2S/c1-16(2)7-13-8-17(3,10-16)11-19(13)5-4-14-18-12(9-22-14)6-15(20)21/h9,13H,4-8,10-11H2,1-3H3,(H,20,21). The summed E-state index contributed by atoms with van der Waals surface area (Å²) in [5.41, 5.74) is 1.63. The summed E-state index contributed by atoms with van der Waals surface area (Å²) in [5, 5.41) is 11.8. The lowest BCUT2D eigenvalue weighted by atomic mass is 9.65. The molecular formula is C17H26N2O2S. The molecule has 0 spiro atoms. The van der Waals surface area contributed by atoms with Crippen molar-refractivity contribution in [3.63, 3.8) is 0 Å². The second kappa shape index (κ2) is 5.60. The van der Waals surface area contributed by atoms with Crippen LogP contribution in [0.25, 0.3) is 0 Å². The van der Waals surface area contributed by atoms with E-state index in [0.29, 0.717) is 22.6 Å². The number of thiazole rings is 1. The third-order valence-corrected chi connectivity index (χ3v) is 6.03. The van der Waals surface area contributed by atoms with Crippen molar-refractivity contribution in [3.05, 3.63) is 16.1 Å². The lowest BCUT2D eigenvalue weighted by molar-refractivity contribution is -0.136. The summed E-state index contributed by atoms with van der Waals surface area (Å²) in [6.45, 7) is 9.50. The predicted octanol–water partition coefficient (Wildman–Crippen LogP) is 3.21. The van der Waals surface area contributed by atoms with E-state index in [0.717, 1.165) is 18.0 Å². The molecule has 122 valence electrons. The van der Waals surface area contributed by atoms with E-state index < -0.39 is 5.97 Å². The predicted molar refractivity (Wildman–Crippen MR) is 88.3 cm³/mol. The summed E-state index contributed by atoms with van der Waals surface area (Å²) in [6.07, 6.45) is 4.93. The topological polar surface area (TPSA) is 53.4 Å². The van der Waals surface area contributed by atoms with Gasteiger partial charge in [-0.1, -0.05) is 20.8 Å². The highest BCUT2D eigenvalue weighted by Crippen LogP contribution is 2.52. The first-order chi connectivity index (χ1) is 10.2. The number of carboxylic acid groups (broad SMARTS) is 1. The van der Waals surface area contributed by atoms with Crippen molar-refractivity contribution in [2.45, 2.75) is 58.9 Å². The fourth-order valence-corrected chi connectivity index (χ4v) is 5.56. The summed E-state index contributed by atoms with van der Waals surface area (Å²) in [4.78, 5) is 17.8. The average Bonchev–Trinajstić information content (AvgIpc) is 2.87. The van der Waals surface area contributed by atoms with Crippen LogP contribution in [0.1, 0.15) is 50.7 Å². The molecule has 2 unspecified atom stereocenters. The Morgan fingerprint density at radius 1 is 1.45 bits per heavy atom. The van der Waals surface area contributed by atoms with Crippen molar-refractivity contribution in [2.24, 2.45) is 10.8 Å². The number of nitrogens with zero attached hydrogens (tertiary/aromatic N) is 2. The molecule has 1 saturated carbocycles. The first-order valence-electron chi connectivity index (χ1n) is 8.14. The highest BCUT2D eigenvalue weighted by Gasteiger charge is 2.49. The maximum Gasteiger partial charge on any atom is 0.309 e. The Balaban J connectivity index is 1.58. The van der Waals surface area contributed by atoms with Gasteiger partial charge in [-0.3, -0.25) is 9.69 Å². The van der Waals surface area contributed by atoms with Crippen molar-refractivity contribution in [1.82, 2.24) is 9.88 Å². The van der Waals surface area contributed by atoms with Crippen LogP contribution in [0.3, 0.4) is 0 Å². The molecule has 1 aliphatic carbocycles. The molecule has 3 rings (SSSR count). The first-order valence-corrected chi connectivity index (χ1v) is 9.02. The molecule has 0 amide bonds. The molecule has 2 heterocycles. The molecule has 22 heavy (non-hydrogen) atoms. The minimum absolute atomic E-state index is 0.0368. The highest BCUT2D eigenvalue weighted by atomic mass is 32.1. The molecule has 2 aliphatic rings. The minimum Gasteiger partial charge on any atom is -0.481 e. The summed E-state index contributed by atoms with van der Waals surface area (Å²) in [5.74, 6) is -0.805. The lowest BCUT2D eigenvalue weighted by Gasteiger charge is -2.39. The van der Waals surface area contributed by atoms with E-state index in [2.05, 4.69) is 30.7 Å². The Morgan fingerprint density at radius 3 is 2.95 bits per heavy atom. The van der Waals surface area contributed by atoms with Crippen LogP contribution in [0.2, 0.25) is 0 Å². The van der Waals surface area contributed by atoms with Crippen LogP contribution >= 0.6 is 11.3 Å². The summed E-state index contributed by atoms with van der Waals surface area (Å²) >= 11 is 1.60. The Bertz CT molecular complexity index is 569. The van der Waals surface area contributed by atoms with Crippen molar-refractivity contribution in [1.29, 1.82) is 0 Å². The van der Waals surface area contributed by atoms with E-state index in [1.807, 2.05) is 5.38 Å². The largest absolute Gasteiger partial charge is 0.481 e. The van der Waals surface area contributed by atoms with Gasteiger partial charge in [0.15, 0.2) is 0 Å². The number of hydrogen-bond acceptors (Lipinski definition) is 4. The quantitative estimate of drug-likeness (QED) is 0.904. The van der Waals surface area contributed by atoms with Crippen LogP contribution in [0.4, 0.5) is 0 Å². The second-order valence-corrected chi connectivity index (χ2v) is 9.18. The van der Waals surface area contributed by atoms with Gasteiger partial charge in [0.1, 0.15) is 0 Å². The summed E-state index contributed by atoms with van der Waals surface area (Å²) in [7, 11) is 0. The highest BCUT2D eigenvalue weighted by molar-refractivity contribution is 7.09. The van der Waals surface area contributed by atoms with Crippen LogP contribution in [0.5, 0.6) is 0 Å². The molecule has 2 atom stereocenters. The molecule has 1 aliphatic heterocycles. The SMILES string of the molecule is CC1(C)CC2CC(C)(CN2CCc2nc(CC(=O)O)cs2)C1. The van der Waals surface area contributed by atoms with Gasteiger partial charge in [-0.2, -0.15) is 0 Å². The Labute approximate surface area is 136 Å². The third-order valence-electron chi connectivity index (χ3n) is 5.07. The number of aliphatic carboxylic acids is 1. The summed E-state index contributed by atoms with van der Waals surface area (Å²) < 4.78 is 0. The van der Waals surface area contributed by atoms with Gasteiger partial charge in [0, 0.05) is 30.9 Å². The number of likely N-dealkylation sites (tertiary alicyclic amines) is 1. The number of fused-ring (bicyclic) bond motifs is 2. The van der Waals surface area contributed by atoms with Gasteiger partial charge in [-0.15, -0.1) is 11.3 Å². The molecule has 1 aromatic rings.